The average molecular weight is 298 g/mol. The van der Waals surface area contributed by atoms with E-state index in [0.717, 1.165) is 11.3 Å². The largest absolute Gasteiger partial charge is 0.511 e. The highest BCUT2D eigenvalue weighted by Crippen LogP contribution is 2.08. The third-order valence-electron chi connectivity index (χ3n) is 1.17. The Morgan fingerprint density at radius 2 is 2.33 bits per heavy atom. The van der Waals surface area contributed by atoms with E-state index in [4.69, 9.17) is 10.1 Å². The van der Waals surface area contributed by atoms with Crippen molar-refractivity contribution in [1.29, 1.82) is 0 Å². The molecule has 0 aromatic carbocycles. The van der Waals surface area contributed by atoms with Crippen LogP contribution in [0.25, 0.3) is 0 Å². The molecule has 0 aliphatic heterocycles. The van der Waals surface area contributed by atoms with E-state index in [-0.39, 0.29) is 4.88 Å². The second-order valence-electron chi connectivity index (χ2n) is 1.95. The minimum Gasteiger partial charge on any atom is -0.477 e. The first-order valence-electron chi connectivity index (χ1n) is 2.93. The topological polar surface area (TPSA) is 66.8 Å². The molecule has 0 saturated heterocycles. The second-order valence-corrected chi connectivity index (χ2v) is 3.57. The Morgan fingerprint density at radius 1 is 1.67 bits per heavy atom. The first-order chi connectivity index (χ1) is 5.65. The Hall–Kier alpha value is -0.115. The summed E-state index contributed by atoms with van der Waals surface area (Å²) in [6, 6.07) is 2.96. The first-order valence-corrected chi connectivity index (χ1v) is 4.63. The number of carbonyl (C=O) groups is 1. The molecule has 4 nitrogen and oxygen atoms in total. The van der Waals surface area contributed by atoms with Gasteiger partial charge in [-0.3, -0.25) is 0 Å². The number of halogens is 1. The molecule has 0 amide bonds. The van der Waals surface area contributed by atoms with E-state index in [9.17, 15) is 4.79 Å². The van der Waals surface area contributed by atoms with Crippen LogP contribution in [-0.4, -0.2) is 23.2 Å². The van der Waals surface area contributed by atoms with Gasteiger partial charge in [-0.25, -0.2) is 4.79 Å². The monoisotopic (exact) mass is 298 g/mol. The zero-order valence-corrected chi connectivity index (χ0v) is 8.70. The average Bonchev–Trinajstić information content (AvgIpc) is 2.51. The standard InChI is InChI=1S/C5H4BIO4S/c7-11-6(10)4-2-1-3(12-4)5(8)9/h1-2,10H,(H,8,9). The predicted molar refractivity (Wildman–Crippen MR) is 54.0 cm³/mol. The number of carboxylic acids is 1. The van der Waals surface area contributed by atoms with E-state index in [1.165, 1.54) is 12.1 Å². The number of thiophene rings is 1. The zero-order valence-electron chi connectivity index (χ0n) is 5.73. The van der Waals surface area contributed by atoms with Gasteiger partial charge in [0.15, 0.2) is 0 Å². The van der Waals surface area contributed by atoms with Gasteiger partial charge in [-0.2, -0.15) is 0 Å². The van der Waals surface area contributed by atoms with Crippen LogP contribution in [0.5, 0.6) is 0 Å². The Labute approximate surface area is 87.0 Å². The second kappa shape index (κ2) is 4.22. The third-order valence-corrected chi connectivity index (χ3v) is 2.75. The Balaban J connectivity index is 2.84. The van der Waals surface area contributed by atoms with E-state index >= 15 is 0 Å². The van der Waals surface area contributed by atoms with Crippen molar-refractivity contribution >= 4 is 52.2 Å². The van der Waals surface area contributed by atoms with Crippen molar-refractivity contribution in [3.05, 3.63) is 17.0 Å². The fourth-order valence-corrected chi connectivity index (χ4v) is 1.85. The van der Waals surface area contributed by atoms with Crippen LogP contribution in [0.1, 0.15) is 9.67 Å². The van der Waals surface area contributed by atoms with Crippen molar-refractivity contribution in [2.24, 2.45) is 0 Å². The van der Waals surface area contributed by atoms with E-state index in [1.54, 1.807) is 23.0 Å². The maximum atomic E-state index is 10.4. The lowest BCUT2D eigenvalue weighted by Crippen LogP contribution is -2.27. The number of carboxylic acid groups (broad SMARTS) is 1. The number of rotatable bonds is 3. The molecule has 0 atom stereocenters. The fraction of sp³-hybridized carbons (Fsp3) is 0. The Kier molecular flexibility index (Phi) is 3.50. The Morgan fingerprint density at radius 3 is 2.75 bits per heavy atom. The maximum absolute atomic E-state index is 10.4. The van der Waals surface area contributed by atoms with Gasteiger partial charge in [-0.05, 0) is 6.07 Å². The summed E-state index contributed by atoms with van der Waals surface area (Å²) in [5.74, 6) is -0.994. The molecule has 1 heterocycles. The molecule has 0 radical (unpaired) electrons. The van der Waals surface area contributed by atoms with Crippen LogP contribution in [0.2, 0.25) is 0 Å². The van der Waals surface area contributed by atoms with Crippen molar-refractivity contribution in [3.8, 4) is 0 Å². The lowest BCUT2D eigenvalue weighted by Gasteiger charge is -1.94. The molecular formula is C5H4BIO4S. The van der Waals surface area contributed by atoms with Gasteiger partial charge in [0.2, 0.25) is 0 Å². The van der Waals surface area contributed by atoms with Gasteiger partial charge in [0.25, 0.3) is 0 Å². The van der Waals surface area contributed by atoms with Crippen molar-refractivity contribution in [2.75, 3.05) is 0 Å². The van der Waals surface area contributed by atoms with Gasteiger partial charge in [-0.15, -0.1) is 11.3 Å². The summed E-state index contributed by atoms with van der Waals surface area (Å²) in [5.41, 5.74) is 0. The molecule has 0 fully saturated rings. The molecule has 64 valence electrons. The van der Waals surface area contributed by atoms with Crippen molar-refractivity contribution in [1.82, 2.24) is 0 Å². The summed E-state index contributed by atoms with van der Waals surface area (Å²) in [7, 11) is -1.04. The van der Waals surface area contributed by atoms with Crippen LogP contribution in [0.3, 0.4) is 0 Å². The van der Waals surface area contributed by atoms with Crippen LogP contribution in [0.4, 0.5) is 0 Å². The van der Waals surface area contributed by atoms with Crippen LogP contribution < -0.4 is 4.78 Å². The highest BCUT2D eigenvalue weighted by molar-refractivity contribution is 14.1. The van der Waals surface area contributed by atoms with Crippen LogP contribution in [0.15, 0.2) is 12.1 Å². The molecular weight excluding hydrogens is 294 g/mol. The van der Waals surface area contributed by atoms with Crippen LogP contribution in [0, 0.1) is 0 Å². The normalized spacial score (nSPS) is 9.83. The van der Waals surface area contributed by atoms with E-state index in [2.05, 4.69) is 2.98 Å². The molecule has 0 aliphatic carbocycles. The lowest BCUT2D eigenvalue weighted by molar-refractivity contribution is 0.0702. The molecule has 12 heavy (non-hydrogen) atoms. The SMILES string of the molecule is O=C(O)c1ccc(B(O)OI)s1. The summed E-state index contributed by atoms with van der Waals surface area (Å²) in [6.07, 6.45) is 0. The smallest absolute Gasteiger partial charge is 0.477 e. The van der Waals surface area contributed by atoms with Gasteiger partial charge in [0.05, 0.1) is 23.0 Å². The fourth-order valence-electron chi connectivity index (χ4n) is 0.644. The van der Waals surface area contributed by atoms with Crippen molar-refractivity contribution in [2.45, 2.75) is 0 Å². The predicted octanol–water partition coefficient (Wildman–Crippen LogP) is 0.500. The molecule has 7 heteroatoms. The van der Waals surface area contributed by atoms with E-state index in [1.807, 2.05) is 0 Å². The third kappa shape index (κ3) is 2.19. The zero-order chi connectivity index (χ0) is 9.14. The molecule has 1 aromatic heterocycles. The lowest BCUT2D eigenvalue weighted by atomic mass is 9.90. The van der Waals surface area contributed by atoms with Crippen LogP contribution >= 0.6 is 34.3 Å². The molecule has 1 rings (SSSR count). The maximum Gasteiger partial charge on any atom is 0.511 e. The number of aromatic carboxylic acids is 1. The minimum absolute atomic E-state index is 0.192. The van der Waals surface area contributed by atoms with Gasteiger partial charge in [0, 0.05) is 4.78 Å². The van der Waals surface area contributed by atoms with Gasteiger partial charge in [0.1, 0.15) is 4.88 Å². The van der Waals surface area contributed by atoms with Gasteiger partial charge < -0.3 is 13.1 Å². The highest BCUT2D eigenvalue weighted by Gasteiger charge is 2.19. The van der Waals surface area contributed by atoms with Crippen LogP contribution in [-0.2, 0) is 2.98 Å². The van der Waals surface area contributed by atoms with Crippen molar-refractivity contribution in [3.63, 3.8) is 0 Å². The summed E-state index contributed by atoms with van der Waals surface area (Å²) < 4.78 is 5.06. The summed E-state index contributed by atoms with van der Waals surface area (Å²) in [4.78, 5) is 10.6. The minimum atomic E-state index is -1.04. The summed E-state index contributed by atoms with van der Waals surface area (Å²) >= 11 is 2.55. The van der Waals surface area contributed by atoms with Gasteiger partial charge in [-0.1, -0.05) is 6.07 Å². The molecule has 0 spiro atoms. The number of hydrogen-bond acceptors (Lipinski definition) is 4. The molecule has 0 bridgehead atoms. The number of hydrogen-bond donors (Lipinski definition) is 2. The summed E-state index contributed by atoms with van der Waals surface area (Å²) in [5, 5.41) is 17.7. The van der Waals surface area contributed by atoms with E-state index in [0.29, 0.717) is 4.78 Å². The molecule has 1 aromatic rings. The van der Waals surface area contributed by atoms with Crippen molar-refractivity contribution < 1.29 is 17.9 Å². The summed E-state index contributed by atoms with van der Waals surface area (Å²) in [6.45, 7) is 0. The molecule has 2 N–H and O–H groups in total. The molecule has 0 unspecified atom stereocenters. The van der Waals surface area contributed by atoms with E-state index < -0.39 is 13.1 Å². The first kappa shape index (κ1) is 9.97. The molecule has 0 aliphatic rings. The van der Waals surface area contributed by atoms with Gasteiger partial charge >= 0.3 is 13.1 Å². The molecule has 0 saturated carbocycles. The Bertz CT molecular complexity index is 289. The highest BCUT2D eigenvalue weighted by atomic mass is 127. The quantitative estimate of drug-likeness (QED) is 0.630.